The average Bonchev–Trinajstić information content (AvgIpc) is 3.17. The second-order valence-corrected chi connectivity index (χ2v) is 7.01. The smallest absolute Gasteiger partial charge is 0.416 e. The van der Waals surface area contributed by atoms with Crippen molar-refractivity contribution in [3.63, 3.8) is 0 Å². The molecule has 1 aliphatic heterocycles. The quantitative estimate of drug-likeness (QED) is 0.655. The molecule has 29 heavy (non-hydrogen) atoms. The number of hydrazine groups is 1. The lowest BCUT2D eigenvalue weighted by Crippen LogP contribution is -2.35. The number of hydrogen-bond acceptors (Lipinski definition) is 4. The molecule has 0 aromatic heterocycles. The summed E-state index contributed by atoms with van der Waals surface area (Å²) in [7, 11) is 0. The molecule has 1 aliphatic rings. The Morgan fingerprint density at radius 1 is 1.28 bits per heavy atom. The van der Waals surface area contributed by atoms with E-state index in [0.29, 0.717) is 23.9 Å². The number of rotatable bonds is 6. The summed E-state index contributed by atoms with van der Waals surface area (Å²) in [5.41, 5.74) is 6.00. The van der Waals surface area contributed by atoms with Crippen LogP contribution in [0.5, 0.6) is 5.75 Å². The summed E-state index contributed by atoms with van der Waals surface area (Å²) in [5.74, 6) is -0.315. The number of nitrogens with one attached hydrogen (secondary N) is 3. The Morgan fingerprint density at radius 3 is 2.72 bits per heavy atom. The Morgan fingerprint density at radius 2 is 2.03 bits per heavy atom. The molecule has 1 saturated heterocycles. The van der Waals surface area contributed by atoms with Gasteiger partial charge in [0, 0.05) is 13.1 Å². The zero-order valence-electron chi connectivity index (χ0n) is 15.6. The summed E-state index contributed by atoms with van der Waals surface area (Å²) >= 11 is 6.23. The molecule has 1 heterocycles. The van der Waals surface area contributed by atoms with Gasteiger partial charge in [0.15, 0.2) is 0 Å². The molecule has 0 bridgehead atoms. The maximum absolute atomic E-state index is 13.1. The number of halogens is 4. The van der Waals surface area contributed by atoms with Gasteiger partial charge in [-0.05, 0) is 36.2 Å². The fourth-order valence-corrected chi connectivity index (χ4v) is 3.55. The van der Waals surface area contributed by atoms with Crippen LogP contribution >= 0.6 is 11.6 Å². The predicted molar refractivity (Wildman–Crippen MR) is 103 cm³/mol. The van der Waals surface area contributed by atoms with Crippen molar-refractivity contribution in [2.45, 2.75) is 25.7 Å². The minimum Gasteiger partial charge on any atom is -0.492 e. The molecule has 1 amide bonds. The van der Waals surface area contributed by atoms with Gasteiger partial charge in [-0.1, -0.05) is 35.9 Å². The van der Waals surface area contributed by atoms with Crippen molar-refractivity contribution < 1.29 is 22.7 Å². The lowest BCUT2D eigenvalue weighted by molar-refractivity contribution is -0.138. The third-order valence-corrected chi connectivity index (χ3v) is 5.00. The summed E-state index contributed by atoms with van der Waals surface area (Å²) in [6, 6.07) is 10.1. The summed E-state index contributed by atoms with van der Waals surface area (Å²) in [6.45, 7) is 2.46. The topological polar surface area (TPSA) is 62.4 Å². The van der Waals surface area contributed by atoms with Crippen LogP contribution in [0, 0.1) is 5.92 Å². The van der Waals surface area contributed by atoms with E-state index in [1.54, 1.807) is 18.2 Å². The maximum Gasteiger partial charge on any atom is 0.416 e. The molecular formula is C20H21ClF3N3O2. The number of carbonyl (C=O) groups is 1. The monoisotopic (exact) mass is 427 g/mol. The number of alkyl halides is 3. The van der Waals surface area contributed by atoms with Crippen LogP contribution in [-0.2, 0) is 17.5 Å². The summed E-state index contributed by atoms with van der Waals surface area (Å²) in [5, 5.41) is 3.05. The van der Waals surface area contributed by atoms with E-state index in [1.165, 1.54) is 18.2 Å². The molecule has 0 radical (unpaired) electrons. The van der Waals surface area contributed by atoms with Crippen molar-refractivity contribution >= 4 is 17.5 Å². The zero-order chi connectivity index (χ0) is 21.0. The van der Waals surface area contributed by atoms with E-state index in [1.807, 2.05) is 6.92 Å². The molecule has 2 atom stereocenters. The molecule has 1 fully saturated rings. The van der Waals surface area contributed by atoms with Crippen molar-refractivity contribution in [2.75, 3.05) is 13.2 Å². The van der Waals surface area contributed by atoms with Crippen molar-refractivity contribution in [1.29, 1.82) is 0 Å². The van der Waals surface area contributed by atoms with Gasteiger partial charge < -0.3 is 10.1 Å². The Balaban J connectivity index is 1.71. The molecular weight excluding hydrogens is 407 g/mol. The average molecular weight is 428 g/mol. The minimum absolute atomic E-state index is 0.0212. The van der Waals surface area contributed by atoms with Gasteiger partial charge in [-0.15, -0.1) is 0 Å². The van der Waals surface area contributed by atoms with E-state index in [-0.39, 0.29) is 24.1 Å². The van der Waals surface area contributed by atoms with Gasteiger partial charge in [-0.2, -0.15) is 13.2 Å². The lowest BCUT2D eigenvalue weighted by Gasteiger charge is -2.20. The third kappa shape index (κ3) is 5.01. The van der Waals surface area contributed by atoms with Gasteiger partial charge >= 0.3 is 6.18 Å². The van der Waals surface area contributed by atoms with E-state index in [4.69, 9.17) is 16.3 Å². The molecule has 2 aromatic rings. The molecule has 156 valence electrons. The Bertz CT molecular complexity index is 876. The van der Waals surface area contributed by atoms with E-state index in [2.05, 4.69) is 16.2 Å². The first-order valence-corrected chi connectivity index (χ1v) is 9.52. The first-order chi connectivity index (χ1) is 13.8. The second kappa shape index (κ2) is 9.02. The van der Waals surface area contributed by atoms with E-state index in [0.717, 1.165) is 11.6 Å². The molecule has 3 rings (SSSR count). The van der Waals surface area contributed by atoms with Crippen molar-refractivity contribution in [1.82, 2.24) is 16.2 Å². The number of amides is 1. The van der Waals surface area contributed by atoms with Crippen LogP contribution < -0.4 is 20.9 Å². The standard InChI is InChI=1S/C20H21ClF3N3O2/c1-2-29-17-8-7-12(9-16(17)21)18-14(11-26-27-18)19(28)25-10-13-5-3-4-6-15(13)20(22,23)24/h3-9,14,18,26-27H,2,10-11H2,1H3,(H,25,28). The van der Waals surface area contributed by atoms with Crippen LogP contribution in [0.25, 0.3) is 0 Å². The molecule has 0 spiro atoms. The Hall–Kier alpha value is -2.29. The van der Waals surface area contributed by atoms with Crippen LogP contribution in [0.2, 0.25) is 5.02 Å². The fourth-order valence-electron chi connectivity index (χ4n) is 3.30. The van der Waals surface area contributed by atoms with E-state index < -0.39 is 17.7 Å². The highest BCUT2D eigenvalue weighted by molar-refractivity contribution is 6.32. The van der Waals surface area contributed by atoms with Crippen LogP contribution in [0.3, 0.4) is 0 Å². The fraction of sp³-hybridized carbons (Fsp3) is 0.350. The number of ether oxygens (including phenoxy) is 1. The van der Waals surface area contributed by atoms with Gasteiger partial charge in [-0.25, -0.2) is 5.43 Å². The lowest BCUT2D eigenvalue weighted by atomic mass is 9.94. The molecule has 9 heteroatoms. The van der Waals surface area contributed by atoms with Gasteiger partial charge in [0.05, 0.1) is 29.2 Å². The largest absolute Gasteiger partial charge is 0.492 e. The molecule has 0 saturated carbocycles. The highest BCUT2D eigenvalue weighted by atomic mass is 35.5. The van der Waals surface area contributed by atoms with E-state index >= 15 is 0 Å². The van der Waals surface area contributed by atoms with Crippen molar-refractivity contribution in [2.24, 2.45) is 5.92 Å². The van der Waals surface area contributed by atoms with Crippen LogP contribution in [-0.4, -0.2) is 19.1 Å². The van der Waals surface area contributed by atoms with Crippen molar-refractivity contribution in [3.05, 3.63) is 64.2 Å². The Kier molecular flexibility index (Phi) is 6.66. The number of hydrogen-bond donors (Lipinski definition) is 3. The molecule has 3 N–H and O–H groups in total. The minimum atomic E-state index is -4.47. The normalized spacial score (nSPS) is 19.2. The van der Waals surface area contributed by atoms with E-state index in [9.17, 15) is 18.0 Å². The zero-order valence-corrected chi connectivity index (χ0v) is 16.4. The maximum atomic E-state index is 13.1. The second-order valence-electron chi connectivity index (χ2n) is 6.60. The summed E-state index contributed by atoms with van der Waals surface area (Å²) < 4.78 is 44.8. The molecule has 2 unspecified atom stereocenters. The first kappa shape index (κ1) is 21.4. The highest BCUT2D eigenvalue weighted by Crippen LogP contribution is 2.33. The predicted octanol–water partition coefficient (Wildman–Crippen LogP) is 3.84. The first-order valence-electron chi connectivity index (χ1n) is 9.14. The third-order valence-electron chi connectivity index (χ3n) is 4.71. The molecule has 0 aliphatic carbocycles. The van der Waals surface area contributed by atoms with Gasteiger partial charge in [0.25, 0.3) is 0 Å². The molecule has 5 nitrogen and oxygen atoms in total. The summed E-state index contributed by atoms with van der Waals surface area (Å²) in [4.78, 5) is 12.7. The van der Waals surface area contributed by atoms with Crippen LogP contribution in [0.1, 0.15) is 29.7 Å². The van der Waals surface area contributed by atoms with Gasteiger partial charge in [0.1, 0.15) is 5.75 Å². The number of benzene rings is 2. The van der Waals surface area contributed by atoms with Crippen LogP contribution in [0.4, 0.5) is 13.2 Å². The highest BCUT2D eigenvalue weighted by Gasteiger charge is 2.35. The van der Waals surface area contributed by atoms with Gasteiger partial charge in [0.2, 0.25) is 5.91 Å². The van der Waals surface area contributed by atoms with Gasteiger partial charge in [-0.3, -0.25) is 10.2 Å². The van der Waals surface area contributed by atoms with Crippen molar-refractivity contribution in [3.8, 4) is 5.75 Å². The Labute approximate surface area is 171 Å². The number of carbonyl (C=O) groups excluding carboxylic acids is 1. The van der Waals surface area contributed by atoms with Crippen LogP contribution in [0.15, 0.2) is 42.5 Å². The SMILES string of the molecule is CCOc1ccc(C2NNCC2C(=O)NCc2ccccc2C(F)(F)F)cc1Cl. The summed E-state index contributed by atoms with van der Waals surface area (Å²) in [6.07, 6.45) is -4.47. The molecule has 2 aromatic carbocycles.